The minimum Gasteiger partial charge on any atom is -0.748 e. The largest absolute Gasteiger partial charge is 0.748 e. The van der Waals surface area contributed by atoms with Gasteiger partial charge in [0.15, 0.2) is 0 Å². The van der Waals surface area contributed by atoms with Gasteiger partial charge >= 0.3 is 0 Å². The van der Waals surface area contributed by atoms with Crippen molar-refractivity contribution in [3.05, 3.63) is 58.7 Å². The Morgan fingerprint density at radius 3 is 1.70 bits per heavy atom. The predicted octanol–water partition coefficient (Wildman–Crippen LogP) is 6.62. The minimum atomic E-state index is 0. The standard InChI is InChI=1S/C17H29.C5H5.Fe/c1-5-9-14-13-15(10-6-2)17(12-8-4)16(14)11-7-3;1-2-4-5-3-1;/h13H,5-12H2,1-4H3;1-5H;/q-1;-5;. The summed E-state index contributed by atoms with van der Waals surface area (Å²) in [5, 5.41) is 0. The summed E-state index contributed by atoms with van der Waals surface area (Å²) >= 11 is 0. The molecule has 0 aromatic heterocycles. The Morgan fingerprint density at radius 1 is 0.739 bits per heavy atom. The van der Waals surface area contributed by atoms with Gasteiger partial charge in [-0.05, 0) is 0 Å². The Hall–Kier alpha value is -0.781. The van der Waals surface area contributed by atoms with E-state index in [1.165, 1.54) is 51.4 Å². The smallest absolute Gasteiger partial charge is 0 e. The minimum absolute atomic E-state index is 0. The fourth-order valence-corrected chi connectivity index (χ4v) is 3.20. The average molecular weight is 354 g/mol. The summed E-state index contributed by atoms with van der Waals surface area (Å²) < 4.78 is 0. The zero-order chi connectivity index (χ0) is 16.2. The second-order valence-corrected chi connectivity index (χ2v) is 6.11. The van der Waals surface area contributed by atoms with Crippen LogP contribution in [0.2, 0.25) is 0 Å². The second-order valence-electron chi connectivity index (χ2n) is 6.11. The van der Waals surface area contributed by atoms with Gasteiger partial charge in [0.1, 0.15) is 0 Å². The van der Waals surface area contributed by atoms with Crippen LogP contribution in [0.4, 0.5) is 0 Å². The maximum Gasteiger partial charge on any atom is 0 e. The molecule has 0 spiro atoms. The van der Waals surface area contributed by atoms with E-state index in [1.54, 1.807) is 22.3 Å². The average Bonchev–Trinajstić information content (AvgIpc) is 3.17. The molecular weight excluding hydrogens is 320 g/mol. The van der Waals surface area contributed by atoms with Crippen LogP contribution >= 0.6 is 0 Å². The van der Waals surface area contributed by atoms with Crippen molar-refractivity contribution in [2.45, 2.75) is 79.1 Å². The molecule has 0 saturated heterocycles. The first-order chi connectivity index (χ1) is 10.8. The Bertz CT molecular complexity index is 429. The van der Waals surface area contributed by atoms with Crippen LogP contribution in [0.1, 0.15) is 75.6 Å². The SMILES string of the molecule is CCCc1c[c-](CCC)c(CCC)c1CCC.[Fe].[cH-]1[cH-][cH-][cH-][cH-]1. The van der Waals surface area contributed by atoms with E-state index in [1.807, 2.05) is 30.3 Å². The number of hydrogen-bond acceptors (Lipinski definition) is 0. The fraction of sp³-hybridized carbons (Fsp3) is 0.545. The normalized spacial score (nSPS) is 9.91. The van der Waals surface area contributed by atoms with Crippen LogP contribution in [0.3, 0.4) is 0 Å². The first-order valence-electron chi connectivity index (χ1n) is 9.24. The molecule has 136 valence electrons. The molecule has 0 N–H and O–H groups in total. The predicted molar refractivity (Wildman–Crippen MR) is 100 cm³/mol. The van der Waals surface area contributed by atoms with Crippen molar-refractivity contribution in [3.63, 3.8) is 0 Å². The Kier molecular flexibility index (Phi) is 13.2. The van der Waals surface area contributed by atoms with E-state index in [2.05, 4.69) is 33.8 Å². The Morgan fingerprint density at radius 2 is 1.26 bits per heavy atom. The van der Waals surface area contributed by atoms with Crippen molar-refractivity contribution in [1.29, 1.82) is 0 Å². The number of hydrogen-bond donors (Lipinski definition) is 0. The summed E-state index contributed by atoms with van der Waals surface area (Å²) in [6, 6.07) is 12.5. The van der Waals surface area contributed by atoms with Gasteiger partial charge in [-0.1, -0.05) is 79.1 Å². The molecule has 0 aliphatic rings. The summed E-state index contributed by atoms with van der Waals surface area (Å²) in [6.45, 7) is 9.19. The van der Waals surface area contributed by atoms with E-state index in [9.17, 15) is 0 Å². The van der Waals surface area contributed by atoms with Gasteiger partial charge in [-0.25, -0.2) is 0 Å². The number of rotatable bonds is 8. The Labute approximate surface area is 154 Å². The fourth-order valence-electron chi connectivity index (χ4n) is 3.20. The van der Waals surface area contributed by atoms with Crippen LogP contribution in [-0.2, 0) is 42.8 Å². The summed E-state index contributed by atoms with van der Waals surface area (Å²) in [6.07, 6.45) is 10.2. The zero-order valence-corrected chi connectivity index (χ0v) is 16.6. The maximum absolute atomic E-state index is 2.52. The maximum atomic E-state index is 2.52. The van der Waals surface area contributed by atoms with Crippen molar-refractivity contribution >= 4 is 0 Å². The molecule has 0 nitrogen and oxygen atoms in total. The van der Waals surface area contributed by atoms with Gasteiger partial charge in [0.25, 0.3) is 0 Å². The van der Waals surface area contributed by atoms with E-state index < -0.39 is 0 Å². The van der Waals surface area contributed by atoms with Crippen molar-refractivity contribution in [3.8, 4) is 0 Å². The summed E-state index contributed by atoms with van der Waals surface area (Å²) in [4.78, 5) is 0. The van der Waals surface area contributed by atoms with Crippen LogP contribution in [0.25, 0.3) is 0 Å². The third kappa shape index (κ3) is 7.55. The van der Waals surface area contributed by atoms with Crippen LogP contribution in [0, 0.1) is 0 Å². The quantitative estimate of drug-likeness (QED) is 0.369. The van der Waals surface area contributed by atoms with E-state index in [0.717, 1.165) is 0 Å². The monoisotopic (exact) mass is 354 g/mol. The van der Waals surface area contributed by atoms with Crippen LogP contribution in [0.15, 0.2) is 36.4 Å². The van der Waals surface area contributed by atoms with Crippen molar-refractivity contribution in [1.82, 2.24) is 0 Å². The van der Waals surface area contributed by atoms with E-state index in [-0.39, 0.29) is 17.1 Å². The molecule has 1 heteroatoms. The molecular formula is C22H34Fe-6. The molecule has 0 saturated carbocycles. The third-order valence-corrected chi connectivity index (χ3v) is 4.08. The molecule has 2 rings (SSSR count). The zero-order valence-electron chi connectivity index (χ0n) is 15.5. The molecule has 23 heavy (non-hydrogen) atoms. The van der Waals surface area contributed by atoms with Crippen molar-refractivity contribution in [2.24, 2.45) is 0 Å². The van der Waals surface area contributed by atoms with E-state index >= 15 is 0 Å². The number of aryl methyl sites for hydroxylation is 2. The molecule has 2 aromatic rings. The van der Waals surface area contributed by atoms with E-state index in [0.29, 0.717) is 0 Å². The first-order valence-corrected chi connectivity index (χ1v) is 9.24. The van der Waals surface area contributed by atoms with Crippen molar-refractivity contribution < 1.29 is 17.1 Å². The van der Waals surface area contributed by atoms with Gasteiger partial charge in [-0.15, -0.1) is 0 Å². The molecule has 0 atom stereocenters. The molecule has 0 aliphatic carbocycles. The van der Waals surface area contributed by atoms with Gasteiger partial charge in [0, 0.05) is 17.1 Å². The van der Waals surface area contributed by atoms with Gasteiger partial charge < -0.3 is 30.3 Å². The summed E-state index contributed by atoms with van der Waals surface area (Å²) in [7, 11) is 0. The topological polar surface area (TPSA) is 0 Å². The molecule has 0 amide bonds. The molecule has 2 aromatic carbocycles. The van der Waals surface area contributed by atoms with Gasteiger partial charge in [-0.3, -0.25) is 0 Å². The van der Waals surface area contributed by atoms with Crippen LogP contribution in [-0.4, -0.2) is 0 Å². The van der Waals surface area contributed by atoms with Gasteiger partial charge in [0.2, 0.25) is 0 Å². The van der Waals surface area contributed by atoms with Crippen molar-refractivity contribution in [2.75, 3.05) is 0 Å². The molecule has 0 heterocycles. The second kappa shape index (κ2) is 13.6. The molecule has 0 fully saturated rings. The summed E-state index contributed by atoms with van der Waals surface area (Å²) in [5.41, 5.74) is 6.72. The van der Waals surface area contributed by atoms with Crippen LogP contribution < -0.4 is 0 Å². The van der Waals surface area contributed by atoms with E-state index in [4.69, 9.17) is 0 Å². The molecule has 0 bridgehead atoms. The third-order valence-electron chi connectivity index (χ3n) is 4.08. The van der Waals surface area contributed by atoms with Gasteiger partial charge in [-0.2, -0.15) is 28.3 Å². The van der Waals surface area contributed by atoms with Crippen LogP contribution in [0.5, 0.6) is 0 Å². The first kappa shape index (κ1) is 22.2. The van der Waals surface area contributed by atoms with Gasteiger partial charge in [0.05, 0.1) is 0 Å². The molecule has 0 unspecified atom stereocenters. The molecule has 0 radical (unpaired) electrons. The molecule has 0 aliphatic heterocycles. The summed E-state index contributed by atoms with van der Waals surface area (Å²) in [5.74, 6) is 0. The Balaban J connectivity index is 0.000000684.